The van der Waals surface area contributed by atoms with Crippen molar-refractivity contribution in [1.29, 1.82) is 0 Å². The summed E-state index contributed by atoms with van der Waals surface area (Å²) >= 11 is 1.74. The number of halogens is 1. The monoisotopic (exact) mass is 318 g/mol. The highest BCUT2D eigenvalue weighted by atomic mass is 32.2. The van der Waals surface area contributed by atoms with Crippen LogP contribution in [0, 0.1) is 5.82 Å². The lowest BCUT2D eigenvalue weighted by Gasteiger charge is -2.20. The first-order chi connectivity index (χ1) is 10.7. The highest BCUT2D eigenvalue weighted by molar-refractivity contribution is 7.99. The predicted octanol–water partition coefficient (Wildman–Crippen LogP) is 3.33. The molecule has 1 amide bonds. The van der Waals surface area contributed by atoms with Gasteiger partial charge >= 0.3 is 0 Å². The zero-order valence-electron chi connectivity index (χ0n) is 12.3. The quantitative estimate of drug-likeness (QED) is 0.867. The Morgan fingerprint density at radius 2 is 1.95 bits per heavy atom. The number of nitrogens with zero attached hydrogens (tertiary/aromatic N) is 2. The molecule has 0 N–H and O–H groups in total. The molecule has 1 aliphatic rings. The molecule has 1 saturated heterocycles. The summed E-state index contributed by atoms with van der Waals surface area (Å²) in [6.07, 6.45) is 4.59. The Labute approximate surface area is 134 Å². The van der Waals surface area contributed by atoms with Crippen molar-refractivity contribution in [2.75, 3.05) is 18.8 Å². The Morgan fingerprint density at radius 3 is 2.73 bits per heavy atom. The van der Waals surface area contributed by atoms with E-state index >= 15 is 0 Å². The normalized spacial score (nSPS) is 19.0. The number of carbonyl (C=O) groups excluding carboxylic acids is 1. The maximum Gasteiger partial charge on any atom is 0.242 e. The van der Waals surface area contributed by atoms with Crippen LogP contribution in [0.25, 0.3) is 0 Å². The van der Waals surface area contributed by atoms with E-state index in [1.807, 2.05) is 46.1 Å². The molecule has 3 rings (SSSR count). The molecule has 116 valence electrons. The molecule has 5 heteroatoms. The van der Waals surface area contributed by atoms with Crippen LogP contribution in [0.15, 0.2) is 48.8 Å². The maximum atomic E-state index is 13.9. The van der Waals surface area contributed by atoms with Gasteiger partial charge in [0.1, 0.15) is 12.4 Å². The van der Waals surface area contributed by atoms with E-state index in [0.717, 1.165) is 24.3 Å². The molecule has 0 saturated carbocycles. The number of benzene rings is 1. The van der Waals surface area contributed by atoms with Crippen LogP contribution in [0.1, 0.15) is 17.2 Å². The largest absolute Gasteiger partial charge is 0.345 e. The van der Waals surface area contributed by atoms with Crippen LogP contribution in [0.5, 0.6) is 0 Å². The van der Waals surface area contributed by atoms with Gasteiger partial charge in [0.05, 0.1) is 0 Å². The molecular weight excluding hydrogens is 299 g/mol. The number of carbonyl (C=O) groups is 1. The molecule has 0 bridgehead atoms. The Kier molecular flexibility index (Phi) is 4.83. The average molecular weight is 318 g/mol. The van der Waals surface area contributed by atoms with E-state index < -0.39 is 0 Å². The summed E-state index contributed by atoms with van der Waals surface area (Å²) in [7, 11) is 0. The number of hydrogen-bond donors (Lipinski definition) is 0. The Morgan fingerprint density at radius 1 is 1.18 bits per heavy atom. The fourth-order valence-corrected chi connectivity index (χ4v) is 3.99. The molecule has 0 spiro atoms. The van der Waals surface area contributed by atoms with Crippen LogP contribution in [-0.2, 0) is 11.3 Å². The second-order valence-corrected chi connectivity index (χ2v) is 6.72. The molecule has 1 fully saturated rings. The van der Waals surface area contributed by atoms with Gasteiger partial charge in [0.25, 0.3) is 0 Å². The van der Waals surface area contributed by atoms with Crippen molar-refractivity contribution in [3.05, 3.63) is 60.2 Å². The lowest BCUT2D eigenvalue weighted by Crippen LogP contribution is -2.35. The van der Waals surface area contributed by atoms with Crippen LogP contribution in [0.2, 0.25) is 0 Å². The molecular formula is C17H19FN2OS. The first kappa shape index (κ1) is 15.2. The molecule has 1 atom stereocenters. The second kappa shape index (κ2) is 7.01. The van der Waals surface area contributed by atoms with Crippen LogP contribution in [-0.4, -0.2) is 34.2 Å². The van der Waals surface area contributed by atoms with Crippen LogP contribution >= 0.6 is 11.8 Å². The van der Waals surface area contributed by atoms with Crippen LogP contribution in [0.4, 0.5) is 4.39 Å². The van der Waals surface area contributed by atoms with Crippen molar-refractivity contribution in [1.82, 2.24) is 9.47 Å². The predicted molar refractivity (Wildman–Crippen MR) is 87.2 cm³/mol. The summed E-state index contributed by atoms with van der Waals surface area (Å²) in [6.45, 7) is 1.80. The zero-order valence-corrected chi connectivity index (χ0v) is 13.1. The van der Waals surface area contributed by atoms with Crippen molar-refractivity contribution >= 4 is 17.7 Å². The van der Waals surface area contributed by atoms with Crippen molar-refractivity contribution in [3.8, 4) is 0 Å². The van der Waals surface area contributed by atoms with E-state index in [9.17, 15) is 9.18 Å². The summed E-state index contributed by atoms with van der Waals surface area (Å²) < 4.78 is 15.8. The molecule has 1 aliphatic heterocycles. The minimum atomic E-state index is -0.146. The van der Waals surface area contributed by atoms with Gasteiger partial charge in [-0.25, -0.2) is 4.39 Å². The summed E-state index contributed by atoms with van der Waals surface area (Å²) in [5, 5.41) is 0.130. The molecule has 2 aromatic rings. The zero-order chi connectivity index (χ0) is 15.4. The molecule has 3 nitrogen and oxygen atoms in total. The van der Waals surface area contributed by atoms with Crippen molar-refractivity contribution in [3.63, 3.8) is 0 Å². The van der Waals surface area contributed by atoms with Gasteiger partial charge in [0.15, 0.2) is 0 Å². The number of rotatable bonds is 3. The molecule has 1 aromatic carbocycles. The smallest absolute Gasteiger partial charge is 0.242 e. The van der Waals surface area contributed by atoms with Gasteiger partial charge in [-0.1, -0.05) is 18.2 Å². The van der Waals surface area contributed by atoms with Crippen molar-refractivity contribution < 1.29 is 9.18 Å². The summed E-state index contributed by atoms with van der Waals surface area (Å²) in [5.41, 5.74) is 0.757. The number of thioether (sulfide) groups is 1. The molecule has 22 heavy (non-hydrogen) atoms. The SMILES string of the molecule is O=C(Cn1cccc1)N1CCS[C@@H](c2ccccc2F)CC1. The molecule has 0 aliphatic carbocycles. The van der Waals surface area contributed by atoms with Gasteiger partial charge in [0, 0.05) is 42.0 Å². The number of amides is 1. The van der Waals surface area contributed by atoms with Crippen molar-refractivity contribution in [2.24, 2.45) is 0 Å². The van der Waals surface area contributed by atoms with Gasteiger partial charge in [-0.05, 0) is 24.6 Å². The van der Waals surface area contributed by atoms with Gasteiger partial charge < -0.3 is 9.47 Å². The average Bonchev–Trinajstić information content (AvgIpc) is 2.90. The highest BCUT2D eigenvalue weighted by Crippen LogP contribution is 2.35. The molecule has 1 aromatic heterocycles. The third kappa shape index (κ3) is 3.53. The van der Waals surface area contributed by atoms with Crippen molar-refractivity contribution in [2.45, 2.75) is 18.2 Å². The minimum Gasteiger partial charge on any atom is -0.345 e. The summed E-state index contributed by atoms with van der Waals surface area (Å²) in [4.78, 5) is 14.2. The van der Waals surface area contributed by atoms with Crippen LogP contribution in [0.3, 0.4) is 0 Å². The Balaban J connectivity index is 1.62. The number of hydrogen-bond acceptors (Lipinski definition) is 2. The minimum absolute atomic E-state index is 0.130. The van der Waals surface area contributed by atoms with E-state index in [0.29, 0.717) is 13.1 Å². The van der Waals surface area contributed by atoms with E-state index in [-0.39, 0.29) is 17.0 Å². The van der Waals surface area contributed by atoms with E-state index in [1.165, 1.54) is 6.07 Å². The van der Waals surface area contributed by atoms with E-state index in [4.69, 9.17) is 0 Å². The highest BCUT2D eigenvalue weighted by Gasteiger charge is 2.23. The summed E-state index contributed by atoms with van der Waals surface area (Å²) in [6, 6.07) is 10.8. The van der Waals surface area contributed by atoms with Gasteiger partial charge in [0.2, 0.25) is 5.91 Å². The van der Waals surface area contributed by atoms with Gasteiger partial charge in [-0.15, -0.1) is 0 Å². The third-order valence-electron chi connectivity index (χ3n) is 3.93. The topological polar surface area (TPSA) is 25.2 Å². The Bertz CT molecular complexity index is 629. The van der Waals surface area contributed by atoms with Gasteiger partial charge in [-0.3, -0.25) is 4.79 Å². The number of aromatic nitrogens is 1. The molecule has 0 unspecified atom stereocenters. The van der Waals surface area contributed by atoms with E-state index in [1.54, 1.807) is 17.8 Å². The first-order valence-electron chi connectivity index (χ1n) is 7.48. The lowest BCUT2D eigenvalue weighted by molar-refractivity contribution is -0.131. The lowest BCUT2D eigenvalue weighted by atomic mass is 10.1. The fourth-order valence-electron chi connectivity index (χ4n) is 2.74. The second-order valence-electron chi connectivity index (χ2n) is 5.41. The van der Waals surface area contributed by atoms with Crippen LogP contribution < -0.4 is 0 Å². The first-order valence-corrected chi connectivity index (χ1v) is 8.53. The van der Waals surface area contributed by atoms with E-state index in [2.05, 4.69) is 0 Å². The molecule has 0 radical (unpaired) electrons. The fraction of sp³-hybridized carbons (Fsp3) is 0.353. The van der Waals surface area contributed by atoms with Gasteiger partial charge in [-0.2, -0.15) is 11.8 Å². The standard InChI is InChI=1S/C17H19FN2OS/c18-15-6-2-1-5-14(15)16-7-10-20(11-12-22-16)17(21)13-19-8-3-4-9-19/h1-6,8-9,16H,7,10-13H2/t16-/m1/s1. The summed E-state index contributed by atoms with van der Waals surface area (Å²) in [5.74, 6) is 0.828. The molecule has 2 heterocycles. The Hall–Kier alpha value is -1.75. The third-order valence-corrected chi connectivity index (χ3v) is 5.24. The maximum absolute atomic E-state index is 13.9.